The third-order valence-electron chi connectivity index (χ3n) is 2.64. The van der Waals surface area contributed by atoms with Crippen LogP contribution in [0.5, 0.6) is 5.75 Å². The highest BCUT2D eigenvalue weighted by molar-refractivity contribution is 14.0. The Morgan fingerprint density at radius 1 is 1.23 bits per heavy atom. The molecule has 22 heavy (non-hydrogen) atoms. The van der Waals surface area contributed by atoms with Crippen molar-refractivity contribution in [3.63, 3.8) is 0 Å². The number of benzene rings is 1. The van der Waals surface area contributed by atoms with E-state index in [2.05, 4.69) is 20.3 Å². The summed E-state index contributed by atoms with van der Waals surface area (Å²) in [6, 6.07) is 7.70. The van der Waals surface area contributed by atoms with Gasteiger partial charge < -0.3 is 15.4 Å². The van der Waals surface area contributed by atoms with Crippen LogP contribution >= 0.6 is 24.0 Å². The molecule has 0 fully saturated rings. The van der Waals surface area contributed by atoms with E-state index in [1.165, 1.54) is 0 Å². The fourth-order valence-electron chi connectivity index (χ4n) is 1.67. The topological polar surface area (TPSA) is 91.8 Å². The first kappa shape index (κ1) is 20.9. The van der Waals surface area contributed by atoms with Gasteiger partial charge in [-0.15, -0.1) is 24.0 Å². The molecule has 0 aromatic heterocycles. The third-order valence-corrected chi connectivity index (χ3v) is 3.37. The Morgan fingerprint density at radius 3 is 2.50 bits per heavy atom. The van der Waals surface area contributed by atoms with Gasteiger partial charge in [-0.3, -0.25) is 4.99 Å². The standard InChI is InChI=1S/C13H22N4O3S.HI/c1-14-13(15-8-9-17-21(3,18)19)16-10-11-6-4-5-7-12(11)20-2;/h4-7,17H,8-10H2,1-3H3,(H2,14,15,16);1H. The van der Waals surface area contributed by atoms with E-state index in [9.17, 15) is 8.42 Å². The summed E-state index contributed by atoms with van der Waals surface area (Å²) in [6.45, 7) is 1.30. The van der Waals surface area contributed by atoms with Crippen LogP contribution < -0.4 is 20.1 Å². The highest BCUT2D eigenvalue weighted by Gasteiger charge is 2.04. The average molecular weight is 442 g/mol. The van der Waals surface area contributed by atoms with Crippen LogP contribution in [0.2, 0.25) is 0 Å². The van der Waals surface area contributed by atoms with Gasteiger partial charge in [0, 0.05) is 32.2 Å². The number of rotatable bonds is 7. The van der Waals surface area contributed by atoms with Crippen LogP contribution in [-0.4, -0.2) is 47.9 Å². The van der Waals surface area contributed by atoms with Crippen molar-refractivity contribution in [2.45, 2.75) is 6.54 Å². The number of ether oxygens (including phenoxy) is 1. The summed E-state index contributed by atoms with van der Waals surface area (Å²) >= 11 is 0. The third kappa shape index (κ3) is 8.39. The maximum atomic E-state index is 10.9. The first-order valence-corrected chi connectivity index (χ1v) is 8.36. The van der Waals surface area contributed by atoms with Gasteiger partial charge in [-0.2, -0.15) is 0 Å². The van der Waals surface area contributed by atoms with Gasteiger partial charge in [0.05, 0.1) is 13.4 Å². The van der Waals surface area contributed by atoms with Crippen LogP contribution in [0, 0.1) is 0 Å². The summed E-state index contributed by atoms with van der Waals surface area (Å²) in [7, 11) is 0.122. The second-order valence-electron chi connectivity index (χ2n) is 4.33. The van der Waals surface area contributed by atoms with Crippen LogP contribution in [0.15, 0.2) is 29.3 Å². The number of methoxy groups -OCH3 is 1. The van der Waals surface area contributed by atoms with Crippen molar-refractivity contribution in [2.24, 2.45) is 4.99 Å². The first-order valence-electron chi connectivity index (χ1n) is 6.47. The molecule has 0 saturated heterocycles. The second kappa shape index (κ2) is 10.6. The zero-order valence-corrected chi connectivity index (χ0v) is 16.1. The number of hydrogen-bond donors (Lipinski definition) is 3. The quantitative estimate of drug-likeness (QED) is 0.248. The lowest BCUT2D eigenvalue weighted by Gasteiger charge is -2.13. The Balaban J connectivity index is 0.00000441. The monoisotopic (exact) mass is 442 g/mol. The van der Waals surface area contributed by atoms with E-state index in [-0.39, 0.29) is 24.0 Å². The van der Waals surface area contributed by atoms with Gasteiger partial charge in [-0.25, -0.2) is 13.1 Å². The Morgan fingerprint density at radius 2 is 1.91 bits per heavy atom. The highest BCUT2D eigenvalue weighted by Crippen LogP contribution is 2.16. The van der Waals surface area contributed by atoms with Gasteiger partial charge in [-0.05, 0) is 6.07 Å². The maximum Gasteiger partial charge on any atom is 0.208 e. The van der Waals surface area contributed by atoms with Crippen LogP contribution in [0.4, 0.5) is 0 Å². The summed E-state index contributed by atoms with van der Waals surface area (Å²) in [6.07, 6.45) is 1.13. The van der Waals surface area contributed by atoms with Gasteiger partial charge in [0.25, 0.3) is 0 Å². The molecule has 0 bridgehead atoms. The molecule has 3 N–H and O–H groups in total. The first-order chi connectivity index (χ1) is 9.96. The molecule has 1 aromatic rings. The minimum Gasteiger partial charge on any atom is -0.496 e. The molecular weight excluding hydrogens is 419 g/mol. The molecule has 9 heteroatoms. The maximum absolute atomic E-state index is 10.9. The summed E-state index contributed by atoms with van der Waals surface area (Å²) < 4.78 is 29.5. The minimum atomic E-state index is -3.16. The Labute approximate surface area is 149 Å². The molecule has 0 radical (unpaired) electrons. The largest absolute Gasteiger partial charge is 0.496 e. The molecule has 0 aliphatic carbocycles. The van der Waals surface area contributed by atoms with E-state index < -0.39 is 10.0 Å². The van der Waals surface area contributed by atoms with Crippen LogP contribution in [-0.2, 0) is 16.6 Å². The van der Waals surface area contributed by atoms with Crippen LogP contribution in [0.1, 0.15) is 5.56 Å². The van der Waals surface area contributed by atoms with E-state index in [0.29, 0.717) is 25.6 Å². The predicted molar refractivity (Wildman–Crippen MR) is 99.5 cm³/mol. The number of aliphatic imine (C=N–C) groups is 1. The van der Waals surface area contributed by atoms with Crippen molar-refractivity contribution >= 4 is 40.0 Å². The fraction of sp³-hybridized carbons (Fsp3) is 0.462. The molecule has 0 aliphatic rings. The number of halogens is 1. The molecular formula is C13H23IN4O3S. The smallest absolute Gasteiger partial charge is 0.208 e. The number of hydrogen-bond acceptors (Lipinski definition) is 4. The molecule has 0 amide bonds. The van der Waals surface area contributed by atoms with Gasteiger partial charge in [0.2, 0.25) is 10.0 Å². The minimum absolute atomic E-state index is 0. The van der Waals surface area contributed by atoms with Crippen molar-refractivity contribution in [1.82, 2.24) is 15.4 Å². The lowest BCUT2D eigenvalue weighted by molar-refractivity contribution is 0.409. The molecule has 0 atom stereocenters. The van der Waals surface area contributed by atoms with Crippen molar-refractivity contribution in [3.05, 3.63) is 29.8 Å². The molecule has 0 saturated carbocycles. The SMILES string of the molecule is CN=C(NCCNS(C)(=O)=O)NCc1ccccc1OC.I. The zero-order chi connectivity index (χ0) is 15.7. The predicted octanol–water partition coefficient (Wildman–Crippen LogP) is 0.527. The van der Waals surface area contributed by atoms with Gasteiger partial charge in [0.15, 0.2) is 5.96 Å². The molecule has 0 aliphatic heterocycles. The number of guanidine groups is 1. The molecule has 1 rings (SSSR count). The number of nitrogens with zero attached hydrogens (tertiary/aromatic N) is 1. The van der Waals surface area contributed by atoms with E-state index >= 15 is 0 Å². The summed E-state index contributed by atoms with van der Waals surface area (Å²) in [5.74, 6) is 1.40. The van der Waals surface area contributed by atoms with E-state index in [0.717, 1.165) is 17.6 Å². The van der Waals surface area contributed by atoms with Crippen molar-refractivity contribution in [1.29, 1.82) is 0 Å². The Kier molecular flexibility index (Phi) is 10.1. The van der Waals surface area contributed by atoms with Gasteiger partial charge in [-0.1, -0.05) is 18.2 Å². The van der Waals surface area contributed by atoms with Gasteiger partial charge >= 0.3 is 0 Å². The van der Waals surface area contributed by atoms with Crippen molar-refractivity contribution in [2.75, 3.05) is 33.5 Å². The summed E-state index contributed by atoms with van der Waals surface area (Å²) in [5, 5.41) is 6.16. The molecule has 7 nitrogen and oxygen atoms in total. The zero-order valence-electron chi connectivity index (χ0n) is 12.9. The Hall–Kier alpha value is -1.07. The summed E-state index contributed by atoms with van der Waals surface area (Å²) in [4.78, 5) is 4.07. The molecule has 126 valence electrons. The fourth-order valence-corrected chi connectivity index (χ4v) is 2.14. The highest BCUT2D eigenvalue weighted by atomic mass is 127. The molecule has 0 spiro atoms. The molecule has 1 aromatic carbocycles. The lowest BCUT2D eigenvalue weighted by atomic mass is 10.2. The number of para-hydroxylation sites is 1. The average Bonchev–Trinajstić information content (AvgIpc) is 2.45. The van der Waals surface area contributed by atoms with Crippen molar-refractivity contribution < 1.29 is 13.2 Å². The molecule has 0 heterocycles. The Bertz CT molecular complexity index is 578. The van der Waals surface area contributed by atoms with Crippen LogP contribution in [0.3, 0.4) is 0 Å². The summed E-state index contributed by atoms with van der Waals surface area (Å²) in [5.41, 5.74) is 1.01. The normalized spacial score (nSPS) is 11.5. The number of sulfonamides is 1. The van der Waals surface area contributed by atoms with E-state index in [1.54, 1.807) is 14.2 Å². The van der Waals surface area contributed by atoms with E-state index in [1.807, 2.05) is 24.3 Å². The molecule has 0 unspecified atom stereocenters. The number of nitrogens with one attached hydrogen (secondary N) is 3. The second-order valence-corrected chi connectivity index (χ2v) is 6.16. The van der Waals surface area contributed by atoms with Gasteiger partial charge in [0.1, 0.15) is 5.75 Å². The lowest BCUT2D eigenvalue weighted by Crippen LogP contribution is -2.41. The van der Waals surface area contributed by atoms with Crippen molar-refractivity contribution in [3.8, 4) is 5.75 Å². The van der Waals surface area contributed by atoms with Crippen LogP contribution in [0.25, 0.3) is 0 Å². The van der Waals surface area contributed by atoms with E-state index in [4.69, 9.17) is 4.74 Å².